The Morgan fingerprint density at radius 3 is 2.43 bits per heavy atom. The molecule has 0 unspecified atom stereocenters. The lowest BCUT2D eigenvalue weighted by Gasteiger charge is -2.14. The van der Waals surface area contributed by atoms with Crippen LogP contribution < -0.4 is 4.74 Å². The maximum Gasteiger partial charge on any atom is 0.163 e. The summed E-state index contributed by atoms with van der Waals surface area (Å²) in [6.07, 6.45) is 7.59. The number of ether oxygens (including phenoxy) is 1. The molecule has 0 aliphatic carbocycles. The van der Waals surface area contributed by atoms with Gasteiger partial charge in [-0.2, -0.15) is 0 Å². The van der Waals surface area contributed by atoms with Crippen LogP contribution in [-0.4, -0.2) is 17.5 Å². The third-order valence-corrected chi connectivity index (χ3v) is 3.62. The summed E-state index contributed by atoms with van der Waals surface area (Å²) in [6.45, 7) is 6.39. The minimum atomic E-state index is -0.115. The normalized spacial score (nSPS) is 10.6. The lowest BCUT2D eigenvalue weighted by atomic mass is 10.0. The Hall–Kier alpha value is -1.51. The molecule has 118 valence electrons. The Kier molecular flexibility index (Phi) is 7.88. The molecule has 1 N–H and O–H groups in total. The van der Waals surface area contributed by atoms with Gasteiger partial charge >= 0.3 is 0 Å². The van der Waals surface area contributed by atoms with Gasteiger partial charge in [-0.15, -0.1) is 0 Å². The molecule has 0 saturated heterocycles. The van der Waals surface area contributed by atoms with Crippen molar-refractivity contribution in [2.75, 3.05) is 6.61 Å². The van der Waals surface area contributed by atoms with E-state index in [1.54, 1.807) is 6.07 Å². The van der Waals surface area contributed by atoms with Crippen molar-refractivity contribution in [3.05, 3.63) is 23.3 Å². The van der Waals surface area contributed by atoms with Crippen LogP contribution in [0.2, 0.25) is 0 Å². The van der Waals surface area contributed by atoms with E-state index in [-0.39, 0.29) is 11.5 Å². The summed E-state index contributed by atoms with van der Waals surface area (Å²) in [5.41, 5.74) is 1.15. The van der Waals surface area contributed by atoms with E-state index in [4.69, 9.17) is 4.74 Å². The average molecular weight is 292 g/mol. The first kappa shape index (κ1) is 17.5. The monoisotopic (exact) mass is 292 g/mol. The molecular weight excluding hydrogens is 264 g/mol. The highest BCUT2D eigenvalue weighted by atomic mass is 16.5. The number of phenols is 1. The topological polar surface area (TPSA) is 46.5 Å². The maximum absolute atomic E-state index is 11.5. The van der Waals surface area contributed by atoms with Crippen LogP contribution in [0.3, 0.4) is 0 Å². The zero-order valence-corrected chi connectivity index (χ0v) is 13.6. The van der Waals surface area contributed by atoms with E-state index in [1.807, 2.05) is 6.07 Å². The smallest absolute Gasteiger partial charge is 0.163 e. The van der Waals surface area contributed by atoms with E-state index in [0.717, 1.165) is 30.6 Å². The van der Waals surface area contributed by atoms with Gasteiger partial charge < -0.3 is 9.84 Å². The Morgan fingerprint density at radius 1 is 1.10 bits per heavy atom. The van der Waals surface area contributed by atoms with Crippen molar-refractivity contribution >= 4 is 5.78 Å². The Labute approximate surface area is 128 Å². The second-order valence-electron chi connectivity index (χ2n) is 5.51. The molecule has 0 spiro atoms. The number of carbonyl (C=O) groups excluding carboxylic acids is 1. The van der Waals surface area contributed by atoms with E-state index < -0.39 is 0 Å². The first-order chi connectivity index (χ1) is 10.1. The molecule has 3 heteroatoms. The van der Waals surface area contributed by atoms with Gasteiger partial charge in [0.25, 0.3) is 0 Å². The molecule has 1 aromatic carbocycles. The highest BCUT2D eigenvalue weighted by Gasteiger charge is 2.15. The van der Waals surface area contributed by atoms with E-state index in [9.17, 15) is 9.90 Å². The van der Waals surface area contributed by atoms with Gasteiger partial charge in [-0.05, 0) is 31.9 Å². The number of Topliss-reactive ketones (excluding diaryl/α,β-unsaturated/α-hetero) is 1. The zero-order chi connectivity index (χ0) is 15.7. The summed E-state index contributed by atoms with van der Waals surface area (Å²) in [5, 5.41) is 10.2. The number of rotatable bonds is 10. The van der Waals surface area contributed by atoms with Crippen molar-refractivity contribution in [1.29, 1.82) is 0 Å². The molecule has 0 radical (unpaired) electrons. The van der Waals surface area contributed by atoms with Crippen LogP contribution >= 0.6 is 0 Å². The summed E-state index contributed by atoms with van der Waals surface area (Å²) in [7, 11) is 0. The Balaban J connectivity index is 2.68. The van der Waals surface area contributed by atoms with Crippen molar-refractivity contribution in [1.82, 2.24) is 0 Å². The molecule has 0 atom stereocenters. The Bertz CT molecular complexity index is 452. The number of carbonyl (C=O) groups is 1. The number of phenolic OH excluding ortho intramolecular Hbond substituents is 1. The van der Waals surface area contributed by atoms with Crippen molar-refractivity contribution in [3.63, 3.8) is 0 Å². The van der Waals surface area contributed by atoms with E-state index in [0.29, 0.717) is 12.2 Å². The fourth-order valence-electron chi connectivity index (χ4n) is 2.42. The predicted octanol–water partition coefficient (Wildman–Crippen LogP) is 4.90. The summed E-state index contributed by atoms with van der Waals surface area (Å²) in [4.78, 5) is 11.5. The molecule has 21 heavy (non-hydrogen) atoms. The third-order valence-electron chi connectivity index (χ3n) is 3.62. The van der Waals surface area contributed by atoms with Gasteiger partial charge in [-0.25, -0.2) is 0 Å². The summed E-state index contributed by atoms with van der Waals surface area (Å²) < 4.78 is 5.81. The highest BCUT2D eigenvalue weighted by molar-refractivity contribution is 5.97. The second-order valence-corrected chi connectivity index (χ2v) is 5.51. The number of aromatic hydroxyl groups is 1. The van der Waals surface area contributed by atoms with Gasteiger partial charge in [0.05, 0.1) is 12.2 Å². The average Bonchev–Trinajstić information content (AvgIpc) is 2.45. The first-order valence-electron chi connectivity index (χ1n) is 8.10. The zero-order valence-electron chi connectivity index (χ0n) is 13.6. The van der Waals surface area contributed by atoms with Crippen molar-refractivity contribution in [2.24, 2.45) is 0 Å². The number of benzene rings is 1. The first-order valence-corrected chi connectivity index (χ1v) is 8.10. The molecule has 1 rings (SSSR count). The minimum Gasteiger partial charge on any atom is -0.507 e. The van der Waals surface area contributed by atoms with Crippen LogP contribution in [0.25, 0.3) is 0 Å². The number of hydrogen-bond donors (Lipinski definition) is 1. The highest BCUT2D eigenvalue weighted by Crippen LogP contribution is 2.33. The number of unbranched alkanes of at least 4 members (excludes halogenated alkanes) is 4. The predicted molar refractivity (Wildman–Crippen MR) is 86.4 cm³/mol. The van der Waals surface area contributed by atoms with Crippen LogP contribution in [0.1, 0.15) is 75.2 Å². The lowest BCUT2D eigenvalue weighted by Crippen LogP contribution is -2.03. The molecule has 3 nitrogen and oxygen atoms in total. The third kappa shape index (κ3) is 5.41. The summed E-state index contributed by atoms with van der Waals surface area (Å²) in [6, 6.07) is 3.47. The molecule has 0 bridgehead atoms. The van der Waals surface area contributed by atoms with E-state index in [1.165, 1.54) is 32.6 Å². The molecule has 0 fully saturated rings. The van der Waals surface area contributed by atoms with E-state index >= 15 is 0 Å². The molecule has 1 aromatic rings. The molecule has 0 aromatic heterocycles. The van der Waals surface area contributed by atoms with Gasteiger partial charge in [0.15, 0.2) is 5.78 Å². The quantitative estimate of drug-likeness (QED) is 0.493. The standard InChI is InChI=1S/C18H28O3/c1-4-6-7-8-9-13-21-17-12-11-15(14(3)19)18(20)16(17)10-5-2/h11-12,20H,4-10,13H2,1-3H3. The second kappa shape index (κ2) is 9.43. The van der Waals surface area contributed by atoms with Crippen LogP contribution in [0.4, 0.5) is 0 Å². The molecule has 0 aliphatic heterocycles. The van der Waals surface area contributed by atoms with Crippen molar-refractivity contribution in [3.8, 4) is 11.5 Å². The number of ketones is 1. The Morgan fingerprint density at radius 2 is 1.81 bits per heavy atom. The lowest BCUT2D eigenvalue weighted by molar-refractivity contribution is 0.101. The fraction of sp³-hybridized carbons (Fsp3) is 0.611. The summed E-state index contributed by atoms with van der Waals surface area (Å²) >= 11 is 0. The fourth-order valence-corrected chi connectivity index (χ4v) is 2.42. The summed E-state index contributed by atoms with van der Waals surface area (Å²) in [5.74, 6) is 0.693. The van der Waals surface area contributed by atoms with Gasteiger partial charge in [0, 0.05) is 5.56 Å². The largest absolute Gasteiger partial charge is 0.507 e. The van der Waals surface area contributed by atoms with Crippen LogP contribution in [0.15, 0.2) is 12.1 Å². The van der Waals surface area contributed by atoms with Crippen LogP contribution in [0, 0.1) is 0 Å². The molecule has 0 heterocycles. The van der Waals surface area contributed by atoms with Gasteiger partial charge in [-0.3, -0.25) is 4.79 Å². The SMILES string of the molecule is CCCCCCCOc1ccc(C(C)=O)c(O)c1CCC. The molecular formula is C18H28O3. The van der Waals surface area contributed by atoms with Gasteiger partial charge in [-0.1, -0.05) is 46.0 Å². The maximum atomic E-state index is 11.5. The van der Waals surface area contributed by atoms with Crippen molar-refractivity contribution in [2.45, 2.75) is 65.7 Å². The molecule has 0 saturated carbocycles. The van der Waals surface area contributed by atoms with Gasteiger partial charge in [0.2, 0.25) is 0 Å². The van der Waals surface area contributed by atoms with Crippen LogP contribution in [-0.2, 0) is 6.42 Å². The minimum absolute atomic E-state index is 0.0906. The van der Waals surface area contributed by atoms with Crippen LogP contribution in [0.5, 0.6) is 11.5 Å². The molecule has 0 aliphatic rings. The van der Waals surface area contributed by atoms with Crippen molar-refractivity contribution < 1.29 is 14.6 Å². The molecule has 0 amide bonds. The van der Waals surface area contributed by atoms with E-state index in [2.05, 4.69) is 13.8 Å². The number of hydrogen-bond acceptors (Lipinski definition) is 3. The van der Waals surface area contributed by atoms with Gasteiger partial charge in [0.1, 0.15) is 11.5 Å².